The third-order valence-electron chi connectivity index (χ3n) is 4.35. The molecule has 0 aromatic heterocycles. The van der Waals surface area contributed by atoms with Crippen molar-refractivity contribution in [1.29, 1.82) is 0 Å². The average Bonchev–Trinajstić information content (AvgIpc) is 2.38. The van der Waals surface area contributed by atoms with Gasteiger partial charge in [0.15, 0.2) is 0 Å². The molecule has 1 aliphatic heterocycles. The molecule has 0 bridgehead atoms. The van der Waals surface area contributed by atoms with Crippen LogP contribution in [-0.4, -0.2) is 62.0 Å². The maximum absolute atomic E-state index is 12.2. The van der Waals surface area contributed by atoms with Crippen molar-refractivity contribution in [3.8, 4) is 0 Å². The Balaban J connectivity index is 1.80. The number of piperazine rings is 1. The largest absolute Gasteiger partial charge is 0.340 e. The van der Waals surface area contributed by atoms with Crippen molar-refractivity contribution in [3.63, 3.8) is 0 Å². The highest BCUT2D eigenvalue weighted by molar-refractivity contribution is 7.88. The molecule has 2 N–H and O–H groups in total. The molecular weight excluding hydrogens is 278 g/mol. The predicted octanol–water partition coefficient (Wildman–Crippen LogP) is -0.00220. The highest BCUT2D eigenvalue weighted by Crippen LogP contribution is 2.26. The van der Waals surface area contributed by atoms with Gasteiger partial charge in [0.25, 0.3) is 0 Å². The van der Waals surface area contributed by atoms with E-state index in [1.54, 1.807) is 4.90 Å². The van der Waals surface area contributed by atoms with E-state index in [1.807, 2.05) is 0 Å². The molecule has 2 fully saturated rings. The van der Waals surface area contributed by atoms with Gasteiger partial charge in [-0.3, -0.25) is 4.79 Å². The second-order valence-corrected chi connectivity index (χ2v) is 8.02. The third-order valence-corrected chi connectivity index (χ3v) is 5.65. The van der Waals surface area contributed by atoms with Crippen LogP contribution in [0.2, 0.25) is 0 Å². The second kappa shape index (κ2) is 6.41. The van der Waals surface area contributed by atoms with Crippen LogP contribution in [0.3, 0.4) is 0 Å². The molecule has 1 saturated carbocycles. The number of amides is 1. The van der Waals surface area contributed by atoms with Gasteiger partial charge in [-0.1, -0.05) is 6.42 Å². The van der Waals surface area contributed by atoms with Crippen LogP contribution >= 0.6 is 0 Å². The number of hydrogen-bond donors (Lipinski definition) is 1. The Morgan fingerprint density at radius 2 is 1.85 bits per heavy atom. The zero-order valence-electron chi connectivity index (χ0n) is 12.1. The van der Waals surface area contributed by atoms with E-state index in [4.69, 9.17) is 5.73 Å². The van der Waals surface area contributed by atoms with Gasteiger partial charge in [-0.25, -0.2) is 8.42 Å². The molecule has 1 heterocycles. The van der Waals surface area contributed by atoms with Crippen LogP contribution in [0, 0.1) is 5.92 Å². The van der Waals surface area contributed by atoms with Crippen LogP contribution in [0.4, 0.5) is 0 Å². The summed E-state index contributed by atoms with van der Waals surface area (Å²) in [7, 11) is -3.13. The standard InChI is InChI=1S/C13H25N3O3S/c1-20(18,19)16-7-5-15(6-8-16)13(17)10-11-3-2-4-12(14)9-11/h11-12H,2-10,14H2,1H3. The van der Waals surface area contributed by atoms with Crippen molar-refractivity contribution in [1.82, 2.24) is 9.21 Å². The quantitative estimate of drug-likeness (QED) is 0.795. The molecule has 116 valence electrons. The van der Waals surface area contributed by atoms with Gasteiger partial charge in [0.05, 0.1) is 6.26 Å². The number of hydrogen-bond acceptors (Lipinski definition) is 4. The molecule has 0 radical (unpaired) electrons. The zero-order chi connectivity index (χ0) is 14.8. The Kier molecular flexibility index (Phi) is 5.04. The molecule has 7 heteroatoms. The zero-order valence-corrected chi connectivity index (χ0v) is 12.9. The Hall–Kier alpha value is -0.660. The van der Waals surface area contributed by atoms with Gasteiger partial charge >= 0.3 is 0 Å². The van der Waals surface area contributed by atoms with Gasteiger partial charge in [0.1, 0.15) is 0 Å². The molecule has 6 nitrogen and oxygen atoms in total. The molecule has 2 aliphatic rings. The summed E-state index contributed by atoms with van der Waals surface area (Å²) in [5.74, 6) is 0.552. The minimum atomic E-state index is -3.13. The fraction of sp³-hybridized carbons (Fsp3) is 0.923. The lowest BCUT2D eigenvalue weighted by atomic mass is 9.84. The second-order valence-electron chi connectivity index (χ2n) is 6.04. The van der Waals surface area contributed by atoms with Crippen molar-refractivity contribution in [2.45, 2.75) is 38.1 Å². The van der Waals surface area contributed by atoms with E-state index in [2.05, 4.69) is 0 Å². The minimum absolute atomic E-state index is 0.150. The van der Waals surface area contributed by atoms with Gasteiger partial charge in [0, 0.05) is 38.6 Å². The Morgan fingerprint density at radius 1 is 1.20 bits per heavy atom. The van der Waals surface area contributed by atoms with Gasteiger partial charge in [-0.05, 0) is 25.2 Å². The van der Waals surface area contributed by atoms with E-state index in [-0.39, 0.29) is 11.9 Å². The van der Waals surface area contributed by atoms with Crippen molar-refractivity contribution < 1.29 is 13.2 Å². The molecule has 0 spiro atoms. The number of nitrogens with two attached hydrogens (primary N) is 1. The summed E-state index contributed by atoms with van der Waals surface area (Å²) in [5.41, 5.74) is 5.95. The maximum atomic E-state index is 12.2. The highest BCUT2D eigenvalue weighted by atomic mass is 32.2. The summed E-state index contributed by atoms with van der Waals surface area (Å²) in [6, 6.07) is 0.239. The molecule has 0 aromatic carbocycles. The van der Waals surface area contributed by atoms with Crippen molar-refractivity contribution in [2.75, 3.05) is 32.4 Å². The normalized spacial score (nSPS) is 29.4. The highest BCUT2D eigenvalue weighted by Gasteiger charge is 2.28. The molecule has 2 rings (SSSR count). The van der Waals surface area contributed by atoms with E-state index in [0.717, 1.165) is 25.7 Å². The van der Waals surface area contributed by atoms with Crippen LogP contribution in [0.25, 0.3) is 0 Å². The van der Waals surface area contributed by atoms with Crippen LogP contribution < -0.4 is 5.73 Å². The summed E-state index contributed by atoms with van der Waals surface area (Å²) < 4.78 is 24.3. The first-order valence-corrected chi connectivity index (χ1v) is 9.19. The Labute approximate surface area is 121 Å². The van der Waals surface area contributed by atoms with Gasteiger partial charge in [-0.2, -0.15) is 4.31 Å². The number of sulfonamides is 1. The summed E-state index contributed by atoms with van der Waals surface area (Å²) in [4.78, 5) is 14.0. The summed E-state index contributed by atoms with van der Waals surface area (Å²) in [6.45, 7) is 1.83. The van der Waals surface area contributed by atoms with E-state index in [0.29, 0.717) is 38.5 Å². The minimum Gasteiger partial charge on any atom is -0.340 e. The monoisotopic (exact) mass is 303 g/mol. The number of carbonyl (C=O) groups is 1. The van der Waals surface area contributed by atoms with Gasteiger partial charge < -0.3 is 10.6 Å². The van der Waals surface area contributed by atoms with Crippen molar-refractivity contribution in [3.05, 3.63) is 0 Å². The van der Waals surface area contributed by atoms with E-state index in [9.17, 15) is 13.2 Å². The third kappa shape index (κ3) is 4.17. The van der Waals surface area contributed by atoms with Crippen molar-refractivity contribution in [2.24, 2.45) is 11.7 Å². The SMILES string of the molecule is CS(=O)(=O)N1CCN(C(=O)CC2CCCC(N)C2)CC1. The lowest BCUT2D eigenvalue weighted by Crippen LogP contribution is -2.50. The van der Waals surface area contributed by atoms with Crippen LogP contribution in [0.15, 0.2) is 0 Å². The molecule has 2 unspecified atom stereocenters. The summed E-state index contributed by atoms with van der Waals surface area (Å²) in [6.07, 6.45) is 5.98. The molecule has 0 aromatic rings. The Bertz CT molecular complexity index is 444. The van der Waals surface area contributed by atoms with Crippen LogP contribution in [0.5, 0.6) is 0 Å². The van der Waals surface area contributed by atoms with Gasteiger partial charge in [-0.15, -0.1) is 0 Å². The van der Waals surface area contributed by atoms with Crippen LogP contribution in [-0.2, 0) is 14.8 Å². The lowest BCUT2D eigenvalue weighted by molar-refractivity contribution is -0.133. The molecule has 20 heavy (non-hydrogen) atoms. The topological polar surface area (TPSA) is 83.7 Å². The van der Waals surface area contributed by atoms with Gasteiger partial charge in [0.2, 0.25) is 15.9 Å². The number of rotatable bonds is 3. The fourth-order valence-corrected chi connectivity index (χ4v) is 3.99. The van der Waals surface area contributed by atoms with Crippen LogP contribution in [0.1, 0.15) is 32.1 Å². The van der Waals surface area contributed by atoms with E-state index < -0.39 is 10.0 Å². The first-order chi connectivity index (χ1) is 9.36. The fourth-order valence-electron chi connectivity index (χ4n) is 3.16. The smallest absolute Gasteiger partial charge is 0.222 e. The molecule has 1 amide bonds. The first-order valence-electron chi connectivity index (χ1n) is 7.34. The van der Waals surface area contributed by atoms with Crippen molar-refractivity contribution >= 4 is 15.9 Å². The molecular formula is C13H25N3O3S. The van der Waals surface area contributed by atoms with E-state index >= 15 is 0 Å². The predicted molar refractivity (Wildman–Crippen MR) is 77.5 cm³/mol. The molecule has 1 saturated heterocycles. The lowest BCUT2D eigenvalue weighted by Gasteiger charge is -2.35. The van der Waals surface area contributed by atoms with E-state index in [1.165, 1.54) is 10.6 Å². The number of nitrogens with zero attached hydrogens (tertiary/aromatic N) is 2. The summed E-state index contributed by atoms with van der Waals surface area (Å²) >= 11 is 0. The first kappa shape index (κ1) is 15.7. The summed E-state index contributed by atoms with van der Waals surface area (Å²) in [5, 5.41) is 0. The number of carbonyl (C=O) groups excluding carboxylic acids is 1. The Morgan fingerprint density at radius 3 is 2.40 bits per heavy atom. The molecule has 2 atom stereocenters. The average molecular weight is 303 g/mol. The molecule has 1 aliphatic carbocycles. The maximum Gasteiger partial charge on any atom is 0.222 e.